The Morgan fingerprint density at radius 3 is 2.64 bits per heavy atom. The second-order valence-electron chi connectivity index (χ2n) is 5.24. The lowest BCUT2D eigenvalue weighted by atomic mass is 10.0. The first-order valence-electron chi connectivity index (χ1n) is 6.94. The Morgan fingerprint density at radius 1 is 1.32 bits per heavy atom. The van der Waals surface area contributed by atoms with Gasteiger partial charge in [0.15, 0.2) is 5.13 Å². The van der Waals surface area contributed by atoms with Gasteiger partial charge in [0.05, 0.1) is 11.8 Å². The number of ether oxygens (including phenoxy) is 1. The van der Waals surface area contributed by atoms with Crippen molar-refractivity contribution in [2.45, 2.75) is 26.8 Å². The van der Waals surface area contributed by atoms with Crippen LogP contribution in [0.5, 0.6) is 5.75 Å². The number of carbonyl (C=O) groups is 2. The molecule has 0 aliphatic heterocycles. The van der Waals surface area contributed by atoms with Crippen LogP contribution in [0.2, 0.25) is 0 Å². The number of amides is 2. The van der Waals surface area contributed by atoms with Crippen LogP contribution in [-0.4, -0.2) is 29.9 Å². The van der Waals surface area contributed by atoms with Crippen LogP contribution in [0.15, 0.2) is 18.2 Å². The minimum absolute atomic E-state index is 0.0205. The maximum atomic E-state index is 12.3. The van der Waals surface area contributed by atoms with E-state index in [1.165, 1.54) is 18.3 Å². The molecule has 0 bridgehead atoms. The SMILES string of the molecule is COc1cccc2sc(NC(=O)[C@H](NC(C)=O)C(C)C)nc12. The predicted octanol–water partition coefficient (Wildman–Crippen LogP) is 2.40. The van der Waals surface area contributed by atoms with E-state index in [2.05, 4.69) is 15.6 Å². The maximum Gasteiger partial charge on any atom is 0.248 e. The molecule has 2 rings (SSSR count). The van der Waals surface area contributed by atoms with Crippen LogP contribution in [0.1, 0.15) is 20.8 Å². The number of benzene rings is 1. The summed E-state index contributed by atoms with van der Waals surface area (Å²) in [4.78, 5) is 27.9. The number of para-hydroxylation sites is 1. The largest absolute Gasteiger partial charge is 0.494 e. The van der Waals surface area contributed by atoms with Crippen LogP contribution in [0.25, 0.3) is 10.2 Å². The van der Waals surface area contributed by atoms with Gasteiger partial charge in [0.25, 0.3) is 0 Å². The molecule has 1 aromatic heterocycles. The van der Waals surface area contributed by atoms with Crippen molar-refractivity contribution >= 4 is 38.5 Å². The van der Waals surface area contributed by atoms with Crippen LogP contribution in [0.3, 0.4) is 0 Å². The second kappa shape index (κ2) is 6.74. The normalized spacial score (nSPS) is 12.2. The molecule has 0 aliphatic carbocycles. The fourth-order valence-corrected chi connectivity index (χ4v) is 2.96. The highest BCUT2D eigenvalue weighted by Gasteiger charge is 2.24. The van der Waals surface area contributed by atoms with Crippen molar-refractivity contribution in [1.82, 2.24) is 10.3 Å². The topological polar surface area (TPSA) is 80.3 Å². The van der Waals surface area contributed by atoms with Crippen LogP contribution >= 0.6 is 11.3 Å². The summed E-state index contributed by atoms with van der Waals surface area (Å²) in [5.41, 5.74) is 0.714. The molecule has 0 saturated heterocycles. The fraction of sp³-hybridized carbons (Fsp3) is 0.400. The van der Waals surface area contributed by atoms with Crippen LogP contribution in [0.4, 0.5) is 5.13 Å². The number of anilines is 1. The molecule has 2 amide bonds. The summed E-state index contributed by atoms with van der Waals surface area (Å²) in [5, 5.41) is 5.91. The lowest BCUT2D eigenvalue weighted by molar-refractivity contribution is -0.126. The van der Waals surface area contributed by atoms with E-state index in [0.29, 0.717) is 16.4 Å². The Bertz CT molecular complexity index is 696. The van der Waals surface area contributed by atoms with Gasteiger partial charge in [0.2, 0.25) is 11.8 Å². The van der Waals surface area contributed by atoms with Crippen molar-refractivity contribution in [2.24, 2.45) is 5.92 Å². The van der Waals surface area contributed by atoms with Gasteiger partial charge in [-0.1, -0.05) is 31.3 Å². The number of methoxy groups -OCH3 is 1. The maximum absolute atomic E-state index is 12.3. The summed E-state index contributed by atoms with van der Waals surface area (Å²) in [6, 6.07) is 5.02. The van der Waals surface area contributed by atoms with Gasteiger partial charge in [-0.05, 0) is 18.1 Å². The number of carbonyl (C=O) groups excluding carboxylic acids is 2. The third-order valence-corrected chi connectivity index (χ3v) is 4.08. The summed E-state index contributed by atoms with van der Waals surface area (Å²) in [6.07, 6.45) is 0. The first-order chi connectivity index (χ1) is 10.4. The quantitative estimate of drug-likeness (QED) is 0.886. The summed E-state index contributed by atoms with van der Waals surface area (Å²) < 4.78 is 6.18. The molecule has 7 heteroatoms. The van der Waals surface area contributed by atoms with Gasteiger partial charge in [-0.15, -0.1) is 0 Å². The van der Waals surface area contributed by atoms with Gasteiger partial charge < -0.3 is 15.4 Å². The standard InChI is InChI=1S/C15H19N3O3S/c1-8(2)12(16-9(3)19)14(20)18-15-17-13-10(21-4)6-5-7-11(13)22-15/h5-8,12H,1-4H3,(H,16,19)(H,17,18,20)/t12-/m1/s1. The lowest BCUT2D eigenvalue weighted by Crippen LogP contribution is -2.46. The molecular formula is C15H19N3O3S. The Morgan fingerprint density at radius 2 is 2.05 bits per heavy atom. The molecule has 0 fully saturated rings. The molecular weight excluding hydrogens is 302 g/mol. The van der Waals surface area contributed by atoms with Crippen LogP contribution in [0, 0.1) is 5.92 Å². The molecule has 1 atom stereocenters. The van der Waals surface area contributed by atoms with Gasteiger partial charge in [-0.2, -0.15) is 0 Å². The average molecular weight is 321 g/mol. The van der Waals surface area contributed by atoms with Crippen molar-refractivity contribution < 1.29 is 14.3 Å². The van der Waals surface area contributed by atoms with E-state index in [0.717, 1.165) is 4.70 Å². The zero-order valence-electron chi connectivity index (χ0n) is 13.0. The fourth-order valence-electron chi connectivity index (χ4n) is 2.08. The molecule has 22 heavy (non-hydrogen) atoms. The molecule has 6 nitrogen and oxygen atoms in total. The predicted molar refractivity (Wildman–Crippen MR) is 87.2 cm³/mol. The van der Waals surface area contributed by atoms with E-state index in [-0.39, 0.29) is 17.7 Å². The molecule has 0 spiro atoms. The zero-order chi connectivity index (χ0) is 16.3. The molecule has 0 unspecified atom stereocenters. The summed E-state index contributed by atoms with van der Waals surface area (Å²) >= 11 is 1.37. The molecule has 1 aromatic carbocycles. The first-order valence-corrected chi connectivity index (χ1v) is 7.75. The first kappa shape index (κ1) is 16.2. The lowest BCUT2D eigenvalue weighted by Gasteiger charge is -2.20. The van der Waals surface area contributed by atoms with Crippen molar-refractivity contribution in [3.8, 4) is 5.75 Å². The molecule has 2 aromatic rings. The summed E-state index contributed by atoms with van der Waals surface area (Å²) in [5.74, 6) is 0.132. The van der Waals surface area contributed by atoms with Crippen LogP contribution < -0.4 is 15.4 Å². The Labute approximate surface area is 132 Å². The minimum Gasteiger partial charge on any atom is -0.494 e. The number of thiazole rings is 1. The third-order valence-electron chi connectivity index (χ3n) is 3.14. The zero-order valence-corrected chi connectivity index (χ0v) is 13.8. The van der Waals surface area contributed by atoms with Gasteiger partial charge in [-0.3, -0.25) is 9.59 Å². The van der Waals surface area contributed by atoms with Gasteiger partial charge in [-0.25, -0.2) is 4.98 Å². The number of nitrogens with one attached hydrogen (secondary N) is 2. The van der Waals surface area contributed by atoms with Crippen LogP contribution in [-0.2, 0) is 9.59 Å². The van der Waals surface area contributed by atoms with Gasteiger partial charge in [0, 0.05) is 6.92 Å². The Balaban J connectivity index is 2.22. The highest BCUT2D eigenvalue weighted by atomic mass is 32.1. The number of nitrogens with zero attached hydrogens (tertiary/aromatic N) is 1. The summed E-state index contributed by atoms with van der Waals surface area (Å²) in [6.45, 7) is 5.15. The molecule has 0 saturated carbocycles. The molecule has 0 radical (unpaired) electrons. The smallest absolute Gasteiger partial charge is 0.248 e. The van der Waals surface area contributed by atoms with E-state index in [1.54, 1.807) is 7.11 Å². The monoisotopic (exact) mass is 321 g/mol. The van der Waals surface area contributed by atoms with E-state index in [1.807, 2.05) is 32.0 Å². The highest BCUT2D eigenvalue weighted by molar-refractivity contribution is 7.22. The Hall–Kier alpha value is -2.15. The molecule has 2 N–H and O–H groups in total. The Kier molecular flexibility index (Phi) is 4.97. The second-order valence-corrected chi connectivity index (χ2v) is 6.27. The highest BCUT2D eigenvalue weighted by Crippen LogP contribution is 2.32. The van der Waals surface area contributed by atoms with E-state index in [9.17, 15) is 9.59 Å². The molecule has 1 heterocycles. The van der Waals surface area contributed by atoms with Crippen molar-refractivity contribution in [3.05, 3.63) is 18.2 Å². The average Bonchev–Trinajstić information content (AvgIpc) is 2.86. The minimum atomic E-state index is -0.591. The number of rotatable bonds is 5. The van der Waals surface area contributed by atoms with Gasteiger partial charge in [0.1, 0.15) is 17.3 Å². The third kappa shape index (κ3) is 3.54. The van der Waals surface area contributed by atoms with Crippen molar-refractivity contribution in [2.75, 3.05) is 12.4 Å². The van der Waals surface area contributed by atoms with E-state index < -0.39 is 6.04 Å². The number of aromatic nitrogens is 1. The van der Waals surface area contributed by atoms with Crippen molar-refractivity contribution in [3.63, 3.8) is 0 Å². The van der Waals surface area contributed by atoms with E-state index in [4.69, 9.17) is 4.74 Å². The molecule has 118 valence electrons. The number of hydrogen-bond donors (Lipinski definition) is 2. The number of hydrogen-bond acceptors (Lipinski definition) is 5. The van der Waals surface area contributed by atoms with E-state index >= 15 is 0 Å². The van der Waals surface area contributed by atoms with Crippen molar-refractivity contribution in [1.29, 1.82) is 0 Å². The molecule has 0 aliphatic rings. The number of fused-ring (bicyclic) bond motifs is 1. The van der Waals surface area contributed by atoms with Gasteiger partial charge >= 0.3 is 0 Å². The summed E-state index contributed by atoms with van der Waals surface area (Å²) in [7, 11) is 1.58.